The summed E-state index contributed by atoms with van der Waals surface area (Å²) in [5, 5.41) is 3.47. The van der Waals surface area contributed by atoms with Crippen molar-refractivity contribution < 1.29 is 14.0 Å². The number of para-hydroxylation sites is 1. The smallest absolute Gasteiger partial charge is 0.287 e. The van der Waals surface area contributed by atoms with Gasteiger partial charge < -0.3 is 14.6 Å². The van der Waals surface area contributed by atoms with Gasteiger partial charge in [-0.15, -0.1) is 0 Å². The Bertz CT molecular complexity index is 1160. The van der Waals surface area contributed by atoms with Crippen LogP contribution < -0.4 is 10.9 Å². The molecule has 0 radical (unpaired) electrons. The van der Waals surface area contributed by atoms with Gasteiger partial charge in [0.25, 0.3) is 11.5 Å². The van der Waals surface area contributed by atoms with Gasteiger partial charge in [0.15, 0.2) is 5.76 Å². The number of furan rings is 1. The van der Waals surface area contributed by atoms with E-state index in [9.17, 15) is 14.4 Å². The number of amides is 2. The van der Waals surface area contributed by atoms with Crippen LogP contribution in [0.4, 0.5) is 0 Å². The number of likely N-dealkylation sites (tertiary alicyclic amines) is 1. The molecule has 8 nitrogen and oxygen atoms in total. The second-order valence-corrected chi connectivity index (χ2v) is 7.61. The van der Waals surface area contributed by atoms with Gasteiger partial charge in [0.2, 0.25) is 5.91 Å². The van der Waals surface area contributed by atoms with E-state index in [1.54, 1.807) is 49.1 Å². The van der Waals surface area contributed by atoms with Gasteiger partial charge in [-0.25, -0.2) is 4.98 Å². The molecule has 8 heteroatoms. The van der Waals surface area contributed by atoms with Crippen molar-refractivity contribution in [3.05, 3.63) is 64.1 Å². The molecule has 1 aromatic carbocycles. The normalized spacial score (nSPS) is 14.8. The average molecular weight is 408 g/mol. The van der Waals surface area contributed by atoms with Crippen molar-refractivity contribution in [2.45, 2.75) is 39.3 Å². The number of nitrogens with zero attached hydrogens (tertiary/aromatic N) is 3. The summed E-state index contributed by atoms with van der Waals surface area (Å²) in [7, 11) is 0. The maximum Gasteiger partial charge on any atom is 0.287 e. The summed E-state index contributed by atoms with van der Waals surface area (Å²) in [5.74, 6) is 1.14. The highest BCUT2D eigenvalue weighted by Gasteiger charge is 2.25. The number of nitrogens with one attached hydrogen (secondary N) is 1. The molecular weight excluding hydrogens is 384 g/mol. The number of piperidine rings is 1. The standard InChI is InChI=1S/C22H24N4O4/c1-14-7-8-19(30-14)21(28)24-16-9-11-25(12-10-16)20(27)13-26-15(2)23-18-6-4-3-5-17(18)22(26)29/h3-8,16H,9-13H2,1-2H3,(H,24,28). The molecule has 1 aliphatic heterocycles. The van der Waals surface area contributed by atoms with E-state index in [2.05, 4.69) is 10.3 Å². The highest BCUT2D eigenvalue weighted by Crippen LogP contribution is 2.14. The van der Waals surface area contributed by atoms with Gasteiger partial charge in [0.05, 0.1) is 10.9 Å². The maximum absolute atomic E-state index is 12.8. The van der Waals surface area contributed by atoms with Gasteiger partial charge in [-0.05, 0) is 51.0 Å². The fraction of sp³-hybridized carbons (Fsp3) is 0.364. The minimum absolute atomic E-state index is 0.0150. The number of carbonyl (C=O) groups is 2. The van der Waals surface area contributed by atoms with Gasteiger partial charge in [-0.1, -0.05) is 12.1 Å². The summed E-state index contributed by atoms with van der Waals surface area (Å²) in [4.78, 5) is 44.0. The third-order valence-corrected chi connectivity index (χ3v) is 5.49. The molecule has 0 saturated carbocycles. The first-order valence-electron chi connectivity index (χ1n) is 10.0. The molecule has 0 spiro atoms. The fourth-order valence-electron chi connectivity index (χ4n) is 3.79. The molecule has 1 fully saturated rings. The van der Waals surface area contributed by atoms with Crippen LogP contribution in [0.25, 0.3) is 10.9 Å². The van der Waals surface area contributed by atoms with Crippen LogP contribution in [-0.4, -0.2) is 45.4 Å². The summed E-state index contributed by atoms with van der Waals surface area (Å²) >= 11 is 0. The van der Waals surface area contributed by atoms with Crippen LogP contribution in [0.5, 0.6) is 0 Å². The Balaban J connectivity index is 1.37. The molecule has 0 bridgehead atoms. The largest absolute Gasteiger partial charge is 0.456 e. The number of rotatable bonds is 4. The molecule has 2 aromatic heterocycles. The number of carbonyl (C=O) groups excluding carboxylic acids is 2. The summed E-state index contributed by atoms with van der Waals surface area (Å²) in [6.07, 6.45) is 1.31. The predicted octanol–water partition coefficient (Wildman–Crippen LogP) is 2.03. The molecule has 4 rings (SSSR count). The minimum atomic E-state index is -0.239. The lowest BCUT2D eigenvalue weighted by Crippen LogP contribution is -2.47. The Hall–Kier alpha value is -3.42. The van der Waals surface area contributed by atoms with Gasteiger partial charge in [0, 0.05) is 19.1 Å². The van der Waals surface area contributed by atoms with Crippen molar-refractivity contribution in [3.63, 3.8) is 0 Å². The van der Waals surface area contributed by atoms with Gasteiger partial charge in [0.1, 0.15) is 18.1 Å². The highest BCUT2D eigenvalue weighted by atomic mass is 16.3. The number of hydrogen-bond donors (Lipinski definition) is 1. The molecule has 0 aliphatic carbocycles. The minimum Gasteiger partial charge on any atom is -0.456 e. The Morgan fingerprint density at radius 1 is 1.13 bits per heavy atom. The summed E-state index contributed by atoms with van der Waals surface area (Å²) < 4.78 is 6.78. The number of aromatic nitrogens is 2. The van der Waals surface area contributed by atoms with E-state index in [4.69, 9.17) is 4.42 Å². The van der Waals surface area contributed by atoms with Crippen molar-refractivity contribution in [2.75, 3.05) is 13.1 Å². The molecule has 1 saturated heterocycles. The predicted molar refractivity (Wildman–Crippen MR) is 111 cm³/mol. The summed E-state index contributed by atoms with van der Waals surface area (Å²) in [5.41, 5.74) is 0.425. The molecule has 3 aromatic rings. The third-order valence-electron chi connectivity index (χ3n) is 5.49. The zero-order valence-corrected chi connectivity index (χ0v) is 17.1. The molecule has 1 aliphatic rings. The lowest BCUT2D eigenvalue weighted by atomic mass is 10.0. The first-order valence-corrected chi connectivity index (χ1v) is 10.0. The van der Waals surface area contributed by atoms with Crippen molar-refractivity contribution in [3.8, 4) is 0 Å². The Kier molecular flexibility index (Phi) is 5.39. The van der Waals surface area contributed by atoms with Crippen LogP contribution in [0, 0.1) is 13.8 Å². The van der Waals surface area contributed by atoms with Crippen molar-refractivity contribution in [1.82, 2.24) is 19.8 Å². The van der Waals surface area contributed by atoms with Crippen molar-refractivity contribution in [1.29, 1.82) is 0 Å². The van der Waals surface area contributed by atoms with E-state index >= 15 is 0 Å². The Morgan fingerprint density at radius 3 is 2.57 bits per heavy atom. The van der Waals surface area contributed by atoms with Crippen molar-refractivity contribution in [2.24, 2.45) is 0 Å². The average Bonchev–Trinajstić information content (AvgIpc) is 3.18. The Labute approximate surface area is 173 Å². The van der Waals surface area contributed by atoms with Crippen LogP contribution in [0.2, 0.25) is 0 Å². The van der Waals surface area contributed by atoms with Gasteiger partial charge in [-0.3, -0.25) is 19.0 Å². The van der Waals surface area contributed by atoms with Gasteiger partial charge >= 0.3 is 0 Å². The Morgan fingerprint density at radius 2 is 1.87 bits per heavy atom. The second kappa shape index (κ2) is 8.14. The first kappa shape index (κ1) is 19.9. The molecule has 156 valence electrons. The molecule has 30 heavy (non-hydrogen) atoms. The van der Waals surface area contributed by atoms with Crippen LogP contribution in [0.1, 0.15) is 35.0 Å². The maximum atomic E-state index is 12.8. The number of fused-ring (bicyclic) bond motifs is 1. The molecular formula is C22H24N4O4. The SMILES string of the molecule is Cc1ccc(C(=O)NC2CCN(C(=O)Cn3c(C)nc4ccccc4c3=O)CC2)o1. The monoisotopic (exact) mass is 408 g/mol. The number of benzene rings is 1. The van der Waals surface area contributed by atoms with Crippen LogP contribution in [0.3, 0.4) is 0 Å². The van der Waals surface area contributed by atoms with Crippen LogP contribution >= 0.6 is 0 Å². The van der Waals surface area contributed by atoms with E-state index in [1.165, 1.54) is 4.57 Å². The molecule has 3 heterocycles. The second-order valence-electron chi connectivity index (χ2n) is 7.61. The van der Waals surface area contributed by atoms with Gasteiger partial charge in [-0.2, -0.15) is 0 Å². The lowest BCUT2D eigenvalue weighted by molar-refractivity contribution is -0.133. The topological polar surface area (TPSA) is 97.4 Å². The molecule has 1 N–H and O–H groups in total. The molecule has 0 unspecified atom stereocenters. The quantitative estimate of drug-likeness (QED) is 0.712. The van der Waals surface area contributed by atoms with E-state index in [-0.39, 0.29) is 30.0 Å². The number of hydrogen-bond acceptors (Lipinski definition) is 5. The van der Waals surface area contributed by atoms with Crippen molar-refractivity contribution >= 4 is 22.7 Å². The molecule has 0 atom stereocenters. The van der Waals surface area contributed by atoms with E-state index < -0.39 is 0 Å². The van der Waals surface area contributed by atoms with E-state index in [0.717, 1.165) is 0 Å². The first-order chi connectivity index (χ1) is 14.4. The van der Waals surface area contributed by atoms with E-state index in [1.807, 2.05) is 6.07 Å². The third kappa shape index (κ3) is 3.98. The van der Waals surface area contributed by atoms with E-state index in [0.29, 0.717) is 54.2 Å². The van der Waals surface area contributed by atoms with Crippen LogP contribution in [-0.2, 0) is 11.3 Å². The summed E-state index contributed by atoms with van der Waals surface area (Å²) in [6, 6.07) is 10.5. The molecule has 2 amide bonds. The highest BCUT2D eigenvalue weighted by molar-refractivity contribution is 5.91. The van der Waals surface area contributed by atoms with Crippen LogP contribution in [0.15, 0.2) is 45.6 Å². The zero-order chi connectivity index (χ0) is 21.3. The lowest BCUT2D eigenvalue weighted by Gasteiger charge is -2.32. The summed E-state index contributed by atoms with van der Waals surface area (Å²) in [6.45, 7) is 4.54. The zero-order valence-electron chi connectivity index (χ0n) is 17.1. The fourth-order valence-corrected chi connectivity index (χ4v) is 3.79. The number of aryl methyl sites for hydroxylation is 2.